The Labute approximate surface area is 201 Å². The van der Waals surface area contributed by atoms with Crippen LogP contribution in [0.3, 0.4) is 0 Å². The number of nitrogens with one attached hydrogen (secondary N) is 1. The molecular weight excluding hydrogens is 424 g/mol. The molecular formula is C28H34N4O2. The predicted octanol–water partition coefficient (Wildman–Crippen LogP) is 4.72. The minimum Gasteiger partial charge on any atom is -0.351 e. The monoisotopic (exact) mass is 458 g/mol. The van der Waals surface area contributed by atoms with Crippen molar-refractivity contribution in [3.8, 4) is 0 Å². The van der Waals surface area contributed by atoms with E-state index in [1.165, 1.54) is 18.4 Å². The first kappa shape index (κ1) is 22.6. The number of para-hydroxylation sites is 2. The number of benzene rings is 2. The maximum atomic E-state index is 13.8. The van der Waals surface area contributed by atoms with Gasteiger partial charge in [-0.15, -0.1) is 0 Å². The smallest absolute Gasteiger partial charge is 0.290 e. The lowest BCUT2D eigenvalue weighted by Gasteiger charge is -2.44. The van der Waals surface area contributed by atoms with Gasteiger partial charge in [-0.3, -0.25) is 9.59 Å². The Morgan fingerprint density at radius 1 is 1.03 bits per heavy atom. The summed E-state index contributed by atoms with van der Waals surface area (Å²) >= 11 is 0. The number of rotatable bonds is 6. The predicted molar refractivity (Wildman–Crippen MR) is 134 cm³/mol. The molecule has 1 atom stereocenters. The summed E-state index contributed by atoms with van der Waals surface area (Å²) in [7, 11) is 0. The van der Waals surface area contributed by atoms with Crippen molar-refractivity contribution in [1.29, 1.82) is 0 Å². The summed E-state index contributed by atoms with van der Waals surface area (Å²) in [5, 5.41) is 3.33. The molecule has 1 fully saturated rings. The van der Waals surface area contributed by atoms with E-state index in [1.807, 2.05) is 54.0 Å². The Morgan fingerprint density at radius 3 is 2.50 bits per heavy atom. The summed E-state index contributed by atoms with van der Waals surface area (Å²) in [6, 6.07) is 18.3. The van der Waals surface area contributed by atoms with Gasteiger partial charge in [0.05, 0.1) is 17.6 Å². The van der Waals surface area contributed by atoms with E-state index in [9.17, 15) is 9.59 Å². The van der Waals surface area contributed by atoms with Crippen LogP contribution in [-0.2, 0) is 17.8 Å². The van der Waals surface area contributed by atoms with E-state index in [-0.39, 0.29) is 17.9 Å². The molecule has 34 heavy (non-hydrogen) atoms. The zero-order valence-corrected chi connectivity index (χ0v) is 20.0. The van der Waals surface area contributed by atoms with Crippen molar-refractivity contribution < 1.29 is 9.59 Å². The molecule has 0 saturated heterocycles. The Kier molecular flexibility index (Phi) is 6.40. The highest BCUT2D eigenvalue weighted by Gasteiger charge is 2.48. The molecule has 1 aliphatic carbocycles. The minimum absolute atomic E-state index is 0.0455. The molecule has 0 unspecified atom stereocenters. The van der Waals surface area contributed by atoms with Gasteiger partial charge in [0.15, 0.2) is 5.82 Å². The van der Waals surface area contributed by atoms with Crippen LogP contribution in [0.1, 0.15) is 68.1 Å². The van der Waals surface area contributed by atoms with Crippen LogP contribution in [0.2, 0.25) is 0 Å². The van der Waals surface area contributed by atoms with Gasteiger partial charge in [0, 0.05) is 12.6 Å². The second-order valence-electron chi connectivity index (χ2n) is 9.99. The first-order valence-corrected chi connectivity index (χ1v) is 12.7. The van der Waals surface area contributed by atoms with Gasteiger partial charge in [0.1, 0.15) is 5.54 Å². The molecule has 2 heterocycles. The van der Waals surface area contributed by atoms with Crippen LogP contribution < -0.4 is 5.32 Å². The SMILES string of the molecule is C[C@@]1(C(=O)NC2CCCCCC2)Cn2c(nc3ccccc32)C(=O)N1CCCc1ccccc1. The van der Waals surface area contributed by atoms with Crippen molar-refractivity contribution in [1.82, 2.24) is 19.8 Å². The van der Waals surface area contributed by atoms with Crippen molar-refractivity contribution >= 4 is 22.8 Å². The van der Waals surface area contributed by atoms with Crippen LogP contribution in [0.4, 0.5) is 0 Å². The van der Waals surface area contributed by atoms with Gasteiger partial charge in [0.2, 0.25) is 5.91 Å². The lowest BCUT2D eigenvalue weighted by molar-refractivity contribution is -0.133. The fraction of sp³-hybridized carbons (Fsp3) is 0.464. The topological polar surface area (TPSA) is 67.2 Å². The van der Waals surface area contributed by atoms with E-state index in [1.54, 1.807) is 4.90 Å². The molecule has 6 nitrogen and oxygen atoms in total. The number of hydrogen-bond acceptors (Lipinski definition) is 3. The number of carbonyl (C=O) groups excluding carboxylic acids is 2. The average molecular weight is 459 g/mol. The van der Waals surface area contributed by atoms with Gasteiger partial charge in [-0.1, -0.05) is 68.1 Å². The van der Waals surface area contributed by atoms with Crippen LogP contribution in [0.5, 0.6) is 0 Å². The number of nitrogens with zero attached hydrogens (tertiary/aromatic N) is 3. The summed E-state index contributed by atoms with van der Waals surface area (Å²) in [5.74, 6) is 0.227. The van der Waals surface area contributed by atoms with Crippen molar-refractivity contribution in [3.05, 3.63) is 66.0 Å². The molecule has 2 aliphatic rings. The zero-order chi connectivity index (χ0) is 23.5. The van der Waals surface area contributed by atoms with Crippen LogP contribution in [0.25, 0.3) is 11.0 Å². The quantitative estimate of drug-likeness (QED) is 0.544. The highest BCUT2D eigenvalue weighted by molar-refractivity contribution is 6.01. The van der Waals surface area contributed by atoms with Crippen LogP contribution in [0, 0.1) is 0 Å². The van der Waals surface area contributed by atoms with Crippen molar-refractivity contribution in [2.75, 3.05) is 6.54 Å². The average Bonchev–Trinajstić information content (AvgIpc) is 3.02. The molecule has 0 radical (unpaired) electrons. The van der Waals surface area contributed by atoms with Gasteiger partial charge >= 0.3 is 0 Å². The molecule has 1 aliphatic heterocycles. The van der Waals surface area contributed by atoms with Crippen molar-refractivity contribution in [3.63, 3.8) is 0 Å². The van der Waals surface area contributed by atoms with Crippen molar-refractivity contribution in [2.24, 2.45) is 0 Å². The Morgan fingerprint density at radius 2 is 1.74 bits per heavy atom. The van der Waals surface area contributed by atoms with Gasteiger partial charge in [-0.25, -0.2) is 4.98 Å². The van der Waals surface area contributed by atoms with E-state index in [4.69, 9.17) is 0 Å². The first-order valence-electron chi connectivity index (χ1n) is 12.7. The highest BCUT2D eigenvalue weighted by Crippen LogP contribution is 2.31. The standard InChI is InChI=1S/C28H34N4O2/c1-28(27(34)29-22-15-7-2-3-8-16-22)20-31-24-18-10-9-17-23(24)30-25(31)26(33)32(28)19-11-14-21-12-5-4-6-13-21/h4-6,9-10,12-13,17-18,22H,2-3,7-8,11,14-16,19-20H2,1H3,(H,29,34)/t28-/m0/s1. The van der Waals surface area contributed by atoms with Gasteiger partial charge in [-0.2, -0.15) is 0 Å². The van der Waals surface area contributed by atoms with Crippen LogP contribution in [0.15, 0.2) is 54.6 Å². The number of amides is 2. The molecule has 3 aromatic rings. The second kappa shape index (κ2) is 9.61. The number of imidazole rings is 1. The molecule has 6 heteroatoms. The fourth-order valence-electron chi connectivity index (χ4n) is 5.53. The van der Waals surface area contributed by atoms with Gasteiger partial charge in [-0.05, 0) is 50.3 Å². The third kappa shape index (κ3) is 4.33. The molecule has 5 rings (SSSR count). The minimum atomic E-state index is -0.962. The van der Waals surface area contributed by atoms with E-state index >= 15 is 0 Å². The van der Waals surface area contributed by atoms with E-state index in [0.717, 1.165) is 49.6 Å². The number of hydrogen-bond donors (Lipinski definition) is 1. The maximum absolute atomic E-state index is 13.8. The van der Waals surface area contributed by atoms with E-state index < -0.39 is 5.54 Å². The number of aryl methyl sites for hydroxylation is 1. The Bertz CT molecular complexity index is 1160. The fourth-order valence-corrected chi connectivity index (χ4v) is 5.53. The van der Waals surface area contributed by atoms with Gasteiger partial charge in [0.25, 0.3) is 5.91 Å². The number of aromatic nitrogens is 2. The van der Waals surface area contributed by atoms with E-state index in [0.29, 0.717) is 18.9 Å². The molecule has 1 saturated carbocycles. The summed E-state index contributed by atoms with van der Waals surface area (Å²) in [6.07, 6.45) is 8.46. The van der Waals surface area contributed by atoms with Crippen LogP contribution >= 0.6 is 0 Å². The summed E-state index contributed by atoms with van der Waals surface area (Å²) < 4.78 is 1.94. The normalized spacial score (nSPS) is 21.3. The largest absolute Gasteiger partial charge is 0.351 e. The molecule has 1 aromatic heterocycles. The summed E-state index contributed by atoms with van der Waals surface area (Å²) in [5.41, 5.74) is 1.98. The molecule has 0 bridgehead atoms. The number of fused-ring (bicyclic) bond motifs is 3. The Hall–Kier alpha value is -3.15. The molecule has 0 spiro atoms. The molecule has 2 aromatic carbocycles. The zero-order valence-electron chi connectivity index (χ0n) is 20.0. The molecule has 2 amide bonds. The first-order chi connectivity index (χ1) is 16.6. The van der Waals surface area contributed by atoms with E-state index in [2.05, 4.69) is 22.4 Å². The third-order valence-corrected chi connectivity index (χ3v) is 7.52. The molecule has 178 valence electrons. The summed E-state index contributed by atoms with van der Waals surface area (Å²) in [6.45, 7) is 2.86. The molecule has 1 N–H and O–H groups in total. The maximum Gasteiger partial charge on any atom is 0.290 e. The van der Waals surface area contributed by atoms with Gasteiger partial charge < -0.3 is 14.8 Å². The lowest BCUT2D eigenvalue weighted by Crippen LogP contribution is -2.65. The Balaban J connectivity index is 1.43. The van der Waals surface area contributed by atoms with Crippen molar-refractivity contribution in [2.45, 2.75) is 76.4 Å². The second-order valence-corrected chi connectivity index (χ2v) is 9.99. The highest BCUT2D eigenvalue weighted by atomic mass is 16.2. The number of carbonyl (C=O) groups is 2. The lowest BCUT2D eigenvalue weighted by atomic mass is 9.93. The van der Waals surface area contributed by atoms with Crippen LogP contribution in [-0.4, -0.2) is 44.4 Å². The summed E-state index contributed by atoms with van der Waals surface area (Å²) in [4.78, 5) is 34.0. The third-order valence-electron chi connectivity index (χ3n) is 7.52.